The molecule has 0 bridgehead atoms. The fourth-order valence-electron chi connectivity index (χ4n) is 3.00. The van der Waals surface area contributed by atoms with Gasteiger partial charge in [0.1, 0.15) is 0 Å². The van der Waals surface area contributed by atoms with E-state index < -0.39 is 17.4 Å². The Labute approximate surface area is 142 Å². The van der Waals surface area contributed by atoms with E-state index in [-0.39, 0.29) is 17.9 Å². The van der Waals surface area contributed by atoms with E-state index in [9.17, 15) is 14.7 Å². The van der Waals surface area contributed by atoms with Gasteiger partial charge in [-0.2, -0.15) is 0 Å². The van der Waals surface area contributed by atoms with E-state index in [1.807, 2.05) is 20.8 Å². The van der Waals surface area contributed by atoms with Crippen LogP contribution in [0.4, 0.5) is 0 Å². The summed E-state index contributed by atoms with van der Waals surface area (Å²) in [5.41, 5.74) is -1.44. The van der Waals surface area contributed by atoms with E-state index in [1.165, 1.54) is 19.3 Å². The van der Waals surface area contributed by atoms with Gasteiger partial charge in [-0.25, -0.2) is 0 Å². The van der Waals surface area contributed by atoms with Gasteiger partial charge < -0.3 is 9.84 Å². The summed E-state index contributed by atoms with van der Waals surface area (Å²) in [5, 5.41) is 9.70. The van der Waals surface area contributed by atoms with Crippen LogP contribution in [0.3, 0.4) is 0 Å². The van der Waals surface area contributed by atoms with Crippen molar-refractivity contribution in [2.45, 2.75) is 92.6 Å². The SMILES string of the molecule is CCCCCCCC(C)OC(=O)C(CC(C)C)(C(=O)O)C(C)C. The predicted octanol–water partition coefficient (Wildman–Crippen LogP) is 5.05. The first kappa shape index (κ1) is 21.9. The zero-order valence-corrected chi connectivity index (χ0v) is 15.9. The van der Waals surface area contributed by atoms with Gasteiger partial charge in [0.2, 0.25) is 0 Å². The van der Waals surface area contributed by atoms with E-state index in [4.69, 9.17) is 4.74 Å². The van der Waals surface area contributed by atoms with Crippen molar-refractivity contribution in [3.63, 3.8) is 0 Å². The standard InChI is InChI=1S/C19H36O4/c1-7-8-9-10-11-12-16(6)23-18(22)19(15(4)5,17(20)21)13-14(2)3/h14-16H,7-13H2,1-6H3,(H,20,21). The average molecular weight is 328 g/mol. The molecule has 0 fully saturated rings. The first-order valence-electron chi connectivity index (χ1n) is 9.12. The molecule has 0 spiro atoms. The highest BCUT2D eigenvalue weighted by Gasteiger charge is 2.51. The highest BCUT2D eigenvalue weighted by molar-refractivity contribution is 5.99. The van der Waals surface area contributed by atoms with Crippen molar-refractivity contribution >= 4 is 11.9 Å². The van der Waals surface area contributed by atoms with Gasteiger partial charge >= 0.3 is 11.9 Å². The summed E-state index contributed by atoms with van der Waals surface area (Å²) in [6.45, 7) is 11.5. The molecule has 0 aromatic carbocycles. The summed E-state index contributed by atoms with van der Waals surface area (Å²) >= 11 is 0. The van der Waals surface area contributed by atoms with E-state index >= 15 is 0 Å². The summed E-state index contributed by atoms with van der Waals surface area (Å²) in [6.07, 6.45) is 6.67. The first-order chi connectivity index (χ1) is 10.7. The van der Waals surface area contributed by atoms with Crippen LogP contribution in [-0.4, -0.2) is 23.1 Å². The molecule has 1 N–H and O–H groups in total. The van der Waals surface area contributed by atoms with E-state index in [1.54, 1.807) is 13.8 Å². The lowest BCUT2D eigenvalue weighted by atomic mass is 9.71. The molecule has 0 saturated carbocycles. The van der Waals surface area contributed by atoms with Crippen molar-refractivity contribution in [2.24, 2.45) is 17.3 Å². The Kier molecular flexibility index (Phi) is 10.2. The molecule has 4 nitrogen and oxygen atoms in total. The summed E-state index contributed by atoms with van der Waals surface area (Å²) in [7, 11) is 0. The molecule has 0 heterocycles. The lowest BCUT2D eigenvalue weighted by molar-refractivity contribution is -0.177. The number of carbonyl (C=O) groups excluding carboxylic acids is 1. The lowest BCUT2D eigenvalue weighted by Crippen LogP contribution is -2.47. The predicted molar refractivity (Wildman–Crippen MR) is 93.3 cm³/mol. The van der Waals surface area contributed by atoms with Crippen LogP contribution >= 0.6 is 0 Å². The molecule has 0 aliphatic heterocycles. The zero-order valence-electron chi connectivity index (χ0n) is 15.9. The van der Waals surface area contributed by atoms with Gasteiger partial charge in [0.05, 0.1) is 6.10 Å². The van der Waals surface area contributed by atoms with Gasteiger partial charge in [0.25, 0.3) is 0 Å². The molecule has 2 unspecified atom stereocenters. The van der Waals surface area contributed by atoms with Crippen molar-refractivity contribution < 1.29 is 19.4 Å². The molecule has 0 radical (unpaired) electrons. The number of aliphatic carboxylic acids is 1. The van der Waals surface area contributed by atoms with Crippen molar-refractivity contribution in [1.29, 1.82) is 0 Å². The van der Waals surface area contributed by atoms with Crippen molar-refractivity contribution in [3.8, 4) is 0 Å². The largest absolute Gasteiger partial charge is 0.480 e. The van der Waals surface area contributed by atoms with Gasteiger partial charge in [0, 0.05) is 0 Å². The molecule has 0 amide bonds. The summed E-state index contributed by atoms with van der Waals surface area (Å²) in [5.74, 6) is -1.83. The van der Waals surface area contributed by atoms with Gasteiger partial charge in [-0.3, -0.25) is 9.59 Å². The Bertz CT molecular complexity index is 362. The number of ether oxygens (including phenoxy) is 1. The molecule has 0 rings (SSSR count). The van der Waals surface area contributed by atoms with Crippen LogP contribution in [0.25, 0.3) is 0 Å². The molecule has 2 atom stereocenters. The molecule has 0 aliphatic carbocycles. The maximum atomic E-state index is 12.6. The minimum atomic E-state index is -1.44. The number of hydrogen-bond donors (Lipinski definition) is 1. The maximum Gasteiger partial charge on any atom is 0.324 e. The minimum Gasteiger partial charge on any atom is -0.480 e. The van der Waals surface area contributed by atoms with Crippen LogP contribution < -0.4 is 0 Å². The smallest absolute Gasteiger partial charge is 0.324 e. The molecule has 0 aromatic heterocycles. The molecule has 0 saturated heterocycles. The quantitative estimate of drug-likeness (QED) is 0.309. The molecular weight excluding hydrogens is 292 g/mol. The Balaban J connectivity index is 4.74. The number of esters is 1. The third kappa shape index (κ3) is 6.92. The second-order valence-electron chi connectivity index (χ2n) is 7.45. The molecule has 23 heavy (non-hydrogen) atoms. The van der Waals surface area contributed by atoms with Crippen LogP contribution in [0.5, 0.6) is 0 Å². The number of unbranched alkanes of at least 4 members (excludes halogenated alkanes) is 4. The van der Waals surface area contributed by atoms with Crippen molar-refractivity contribution in [3.05, 3.63) is 0 Å². The molecular formula is C19H36O4. The fraction of sp³-hybridized carbons (Fsp3) is 0.895. The lowest BCUT2D eigenvalue weighted by Gasteiger charge is -2.33. The van der Waals surface area contributed by atoms with E-state index in [2.05, 4.69) is 6.92 Å². The topological polar surface area (TPSA) is 63.6 Å². The molecule has 0 aromatic rings. The molecule has 0 aliphatic rings. The van der Waals surface area contributed by atoms with Crippen LogP contribution in [0, 0.1) is 17.3 Å². The highest BCUT2D eigenvalue weighted by atomic mass is 16.5. The number of hydrogen-bond acceptors (Lipinski definition) is 3. The normalized spacial score (nSPS) is 15.5. The maximum absolute atomic E-state index is 12.6. The van der Waals surface area contributed by atoms with Crippen LogP contribution in [0.2, 0.25) is 0 Å². The third-order valence-corrected chi connectivity index (χ3v) is 4.48. The van der Waals surface area contributed by atoms with Crippen molar-refractivity contribution in [2.75, 3.05) is 0 Å². The van der Waals surface area contributed by atoms with Gasteiger partial charge in [-0.15, -0.1) is 0 Å². The van der Waals surface area contributed by atoms with Gasteiger partial charge in [-0.05, 0) is 38.0 Å². The zero-order chi connectivity index (χ0) is 18.0. The Morgan fingerprint density at radius 1 is 1.00 bits per heavy atom. The van der Waals surface area contributed by atoms with Crippen LogP contribution in [0.15, 0.2) is 0 Å². The summed E-state index contributed by atoms with van der Waals surface area (Å²) in [4.78, 5) is 24.5. The minimum absolute atomic E-state index is 0.116. The number of carboxylic acids is 1. The summed E-state index contributed by atoms with van der Waals surface area (Å²) < 4.78 is 5.53. The molecule has 136 valence electrons. The fourth-order valence-corrected chi connectivity index (χ4v) is 3.00. The number of rotatable bonds is 12. The van der Waals surface area contributed by atoms with Gasteiger partial charge in [-0.1, -0.05) is 60.3 Å². The van der Waals surface area contributed by atoms with Crippen LogP contribution in [0.1, 0.15) is 86.5 Å². The van der Waals surface area contributed by atoms with E-state index in [0.717, 1.165) is 19.3 Å². The third-order valence-electron chi connectivity index (χ3n) is 4.48. The first-order valence-corrected chi connectivity index (χ1v) is 9.12. The highest BCUT2D eigenvalue weighted by Crippen LogP contribution is 2.37. The molecule has 4 heteroatoms. The average Bonchev–Trinajstić information content (AvgIpc) is 2.43. The Hall–Kier alpha value is -1.06. The van der Waals surface area contributed by atoms with Crippen molar-refractivity contribution in [1.82, 2.24) is 0 Å². The number of carbonyl (C=O) groups is 2. The van der Waals surface area contributed by atoms with E-state index in [0.29, 0.717) is 6.42 Å². The Morgan fingerprint density at radius 3 is 2.00 bits per heavy atom. The second kappa shape index (κ2) is 10.7. The van der Waals surface area contributed by atoms with Gasteiger partial charge in [0.15, 0.2) is 5.41 Å². The monoisotopic (exact) mass is 328 g/mol. The second-order valence-corrected chi connectivity index (χ2v) is 7.45. The Morgan fingerprint density at radius 2 is 1.57 bits per heavy atom. The number of carboxylic acid groups (broad SMARTS) is 1. The van der Waals surface area contributed by atoms with Crippen LogP contribution in [-0.2, 0) is 14.3 Å². The summed E-state index contributed by atoms with van der Waals surface area (Å²) in [6, 6.07) is 0.